The van der Waals surface area contributed by atoms with E-state index in [1.807, 2.05) is 0 Å². The van der Waals surface area contributed by atoms with Gasteiger partial charge in [-0.25, -0.2) is 0 Å². The zero-order chi connectivity index (χ0) is 11.8. The van der Waals surface area contributed by atoms with E-state index < -0.39 is 0 Å². The summed E-state index contributed by atoms with van der Waals surface area (Å²) >= 11 is 0. The van der Waals surface area contributed by atoms with E-state index in [2.05, 4.69) is 31.0 Å². The summed E-state index contributed by atoms with van der Waals surface area (Å²) in [6.45, 7) is 9.31. The predicted molar refractivity (Wildman–Crippen MR) is 66.5 cm³/mol. The molecule has 1 saturated heterocycles. The van der Waals surface area contributed by atoms with E-state index >= 15 is 0 Å². The van der Waals surface area contributed by atoms with Crippen molar-refractivity contribution in [3.63, 3.8) is 0 Å². The third-order valence-corrected chi connectivity index (χ3v) is 4.29. The molecule has 1 saturated carbocycles. The van der Waals surface area contributed by atoms with Crippen molar-refractivity contribution < 1.29 is 5.11 Å². The fourth-order valence-corrected chi connectivity index (χ4v) is 2.85. The minimum Gasteiger partial charge on any atom is -0.394 e. The van der Waals surface area contributed by atoms with Crippen LogP contribution in [0.1, 0.15) is 40.0 Å². The summed E-state index contributed by atoms with van der Waals surface area (Å²) < 4.78 is 0. The molecule has 2 fully saturated rings. The lowest BCUT2D eigenvalue weighted by Gasteiger charge is -2.32. The maximum atomic E-state index is 9.56. The van der Waals surface area contributed by atoms with E-state index in [1.165, 1.54) is 25.8 Å². The minimum absolute atomic E-state index is 0.0301. The molecule has 16 heavy (non-hydrogen) atoms. The molecule has 2 unspecified atom stereocenters. The zero-order valence-corrected chi connectivity index (χ0v) is 10.9. The maximum absolute atomic E-state index is 9.56. The molecule has 3 nitrogen and oxygen atoms in total. The Balaban J connectivity index is 1.85. The Morgan fingerprint density at radius 1 is 1.38 bits per heavy atom. The molecule has 0 radical (unpaired) electrons. The Morgan fingerprint density at radius 3 is 2.50 bits per heavy atom. The van der Waals surface area contributed by atoms with E-state index in [0.717, 1.165) is 6.54 Å². The highest BCUT2D eigenvalue weighted by Gasteiger charge is 2.42. The van der Waals surface area contributed by atoms with Gasteiger partial charge in [0, 0.05) is 24.2 Å². The van der Waals surface area contributed by atoms with E-state index in [1.54, 1.807) is 0 Å². The maximum Gasteiger partial charge on any atom is 0.0613 e. The van der Waals surface area contributed by atoms with Crippen LogP contribution >= 0.6 is 0 Å². The molecule has 1 aliphatic carbocycles. The number of nitrogens with zero attached hydrogens (tertiary/aromatic N) is 1. The molecule has 2 atom stereocenters. The van der Waals surface area contributed by atoms with Gasteiger partial charge in [-0.05, 0) is 52.5 Å². The van der Waals surface area contributed by atoms with E-state index in [0.29, 0.717) is 18.0 Å². The van der Waals surface area contributed by atoms with Crippen molar-refractivity contribution in [2.24, 2.45) is 5.92 Å². The van der Waals surface area contributed by atoms with Crippen LogP contribution in [0.2, 0.25) is 0 Å². The van der Waals surface area contributed by atoms with Crippen LogP contribution in [0.5, 0.6) is 0 Å². The predicted octanol–water partition coefficient (Wildman–Crippen LogP) is 1.22. The van der Waals surface area contributed by atoms with E-state index in [4.69, 9.17) is 0 Å². The van der Waals surface area contributed by atoms with Crippen LogP contribution in [0.3, 0.4) is 0 Å². The van der Waals surface area contributed by atoms with Crippen LogP contribution < -0.4 is 5.32 Å². The lowest BCUT2D eigenvalue weighted by atomic mass is 9.95. The molecule has 1 heterocycles. The fourth-order valence-electron chi connectivity index (χ4n) is 2.85. The van der Waals surface area contributed by atoms with Gasteiger partial charge in [-0.1, -0.05) is 0 Å². The lowest BCUT2D eigenvalue weighted by molar-refractivity contribution is 0.140. The highest BCUT2D eigenvalue weighted by molar-refractivity contribution is 5.00. The summed E-state index contributed by atoms with van der Waals surface area (Å²) in [4.78, 5) is 2.52. The monoisotopic (exact) mass is 226 g/mol. The van der Waals surface area contributed by atoms with Gasteiger partial charge in [-0.2, -0.15) is 0 Å². The number of aliphatic hydroxyl groups is 1. The van der Waals surface area contributed by atoms with Crippen molar-refractivity contribution in [2.75, 3.05) is 19.7 Å². The Labute approximate surface area is 99.2 Å². The van der Waals surface area contributed by atoms with Crippen LogP contribution in [0.25, 0.3) is 0 Å². The number of rotatable bonds is 5. The van der Waals surface area contributed by atoms with Gasteiger partial charge >= 0.3 is 0 Å². The van der Waals surface area contributed by atoms with E-state index in [-0.39, 0.29) is 12.1 Å². The van der Waals surface area contributed by atoms with Crippen LogP contribution in [0.4, 0.5) is 0 Å². The van der Waals surface area contributed by atoms with Crippen LogP contribution in [-0.4, -0.2) is 47.3 Å². The van der Waals surface area contributed by atoms with Crippen LogP contribution in [-0.2, 0) is 0 Å². The second kappa shape index (κ2) is 4.63. The molecule has 2 N–H and O–H groups in total. The van der Waals surface area contributed by atoms with Crippen molar-refractivity contribution in [1.29, 1.82) is 0 Å². The molecule has 1 aliphatic heterocycles. The van der Waals surface area contributed by atoms with Crippen molar-refractivity contribution >= 4 is 0 Å². The smallest absolute Gasteiger partial charge is 0.0613 e. The molecular weight excluding hydrogens is 200 g/mol. The third-order valence-electron chi connectivity index (χ3n) is 4.29. The summed E-state index contributed by atoms with van der Waals surface area (Å²) in [7, 11) is 0. The zero-order valence-electron chi connectivity index (χ0n) is 10.9. The van der Waals surface area contributed by atoms with Gasteiger partial charge in [0.2, 0.25) is 0 Å². The van der Waals surface area contributed by atoms with Crippen LogP contribution in [0.15, 0.2) is 0 Å². The average molecular weight is 226 g/mol. The summed E-state index contributed by atoms with van der Waals surface area (Å²) in [5.74, 6) is 0.700. The topological polar surface area (TPSA) is 35.5 Å². The Morgan fingerprint density at radius 2 is 2.06 bits per heavy atom. The molecule has 0 aromatic carbocycles. The van der Waals surface area contributed by atoms with Crippen molar-refractivity contribution in [3.8, 4) is 0 Å². The summed E-state index contributed by atoms with van der Waals surface area (Å²) in [6.07, 6.45) is 3.79. The van der Waals surface area contributed by atoms with Crippen molar-refractivity contribution in [1.82, 2.24) is 10.2 Å². The normalized spacial score (nSPS) is 30.9. The second-order valence-corrected chi connectivity index (χ2v) is 6.07. The molecule has 0 amide bonds. The second-order valence-electron chi connectivity index (χ2n) is 6.07. The van der Waals surface area contributed by atoms with Gasteiger partial charge in [0.1, 0.15) is 0 Å². The largest absolute Gasteiger partial charge is 0.394 e. The number of nitrogens with one attached hydrogen (secondary N) is 1. The molecular formula is C13H26N2O. The summed E-state index contributed by atoms with van der Waals surface area (Å²) in [6, 6.07) is 1.22. The number of hydrogen-bond donors (Lipinski definition) is 2. The molecule has 0 bridgehead atoms. The highest BCUT2D eigenvalue weighted by Crippen LogP contribution is 2.39. The van der Waals surface area contributed by atoms with Crippen molar-refractivity contribution in [3.05, 3.63) is 0 Å². The molecule has 2 rings (SSSR count). The van der Waals surface area contributed by atoms with Gasteiger partial charge in [0.05, 0.1) is 6.61 Å². The van der Waals surface area contributed by atoms with E-state index in [9.17, 15) is 5.11 Å². The number of aliphatic hydroxyl groups excluding tert-OH is 1. The first kappa shape index (κ1) is 12.3. The minimum atomic E-state index is -0.0301. The average Bonchev–Trinajstić information content (AvgIpc) is 3.00. The number of likely N-dealkylation sites (tertiary alicyclic amines) is 1. The highest BCUT2D eigenvalue weighted by atomic mass is 16.3. The molecule has 0 spiro atoms. The molecule has 0 aromatic rings. The summed E-state index contributed by atoms with van der Waals surface area (Å²) in [5, 5.41) is 13.3. The first-order chi connectivity index (χ1) is 7.55. The molecule has 2 aliphatic rings. The molecule has 3 heteroatoms. The van der Waals surface area contributed by atoms with Gasteiger partial charge in [0.15, 0.2) is 0 Å². The molecule has 0 aromatic heterocycles. The Kier molecular flexibility index (Phi) is 3.57. The van der Waals surface area contributed by atoms with Gasteiger partial charge in [-0.15, -0.1) is 0 Å². The van der Waals surface area contributed by atoms with Gasteiger partial charge in [-0.3, -0.25) is 4.90 Å². The summed E-state index contributed by atoms with van der Waals surface area (Å²) in [5.41, 5.74) is -0.0301. The lowest BCUT2D eigenvalue weighted by Crippen LogP contribution is -2.53. The third kappa shape index (κ3) is 2.58. The number of hydrogen-bond acceptors (Lipinski definition) is 3. The molecule has 94 valence electrons. The van der Waals surface area contributed by atoms with Crippen molar-refractivity contribution in [2.45, 2.75) is 57.7 Å². The Hall–Kier alpha value is -0.120. The Bertz CT molecular complexity index is 240. The quantitative estimate of drug-likeness (QED) is 0.740. The van der Waals surface area contributed by atoms with Crippen LogP contribution in [0, 0.1) is 5.92 Å². The SMILES string of the molecule is CC(C)N1CCC(NC(C)(CO)C2CC2)C1. The first-order valence-corrected chi connectivity index (χ1v) is 6.68. The van der Waals surface area contributed by atoms with Gasteiger partial charge in [0.25, 0.3) is 0 Å². The first-order valence-electron chi connectivity index (χ1n) is 6.68. The standard InChI is InChI=1S/C13H26N2O/c1-10(2)15-7-6-12(8-15)14-13(3,9-16)11-4-5-11/h10-12,14,16H,4-9H2,1-3H3. The van der Waals surface area contributed by atoms with Gasteiger partial charge < -0.3 is 10.4 Å². The fraction of sp³-hybridized carbons (Fsp3) is 1.00.